The van der Waals surface area contributed by atoms with Crippen LogP contribution in [0.5, 0.6) is 0 Å². The van der Waals surface area contributed by atoms with Gasteiger partial charge in [-0.2, -0.15) is 0 Å². The molecule has 0 aliphatic carbocycles. The van der Waals surface area contributed by atoms with Gasteiger partial charge in [0.2, 0.25) is 0 Å². The molecule has 1 aromatic rings. The number of hydrogen-bond acceptors (Lipinski definition) is 3. The fourth-order valence-corrected chi connectivity index (χ4v) is 1.61. The summed E-state index contributed by atoms with van der Waals surface area (Å²) >= 11 is 12.2. The van der Waals surface area contributed by atoms with Crippen LogP contribution in [0.15, 0.2) is 14.2 Å². The molecule has 14 heavy (non-hydrogen) atoms. The number of aliphatic imine (C=N–C) groups is 1. The van der Waals surface area contributed by atoms with E-state index in [0.717, 1.165) is 0 Å². The van der Waals surface area contributed by atoms with E-state index in [1.807, 2.05) is 14.1 Å². The molecule has 0 aliphatic rings. The Labute approximate surface area is 104 Å². The van der Waals surface area contributed by atoms with Crippen molar-refractivity contribution in [2.75, 3.05) is 14.1 Å². The van der Waals surface area contributed by atoms with Gasteiger partial charge >= 0.3 is 0 Å². The van der Waals surface area contributed by atoms with Gasteiger partial charge in [0, 0.05) is 14.1 Å². The van der Waals surface area contributed by atoms with Gasteiger partial charge in [-0.1, -0.05) is 11.6 Å². The fraction of sp³-hybridized carbons (Fsp3) is 0.286. The van der Waals surface area contributed by atoms with Crippen LogP contribution in [0.1, 0.15) is 0 Å². The maximum absolute atomic E-state index is 5.77. The highest BCUT2D eigenvalue weighted by atomic mass is 79.9. The molecule has 0 unspecified atom stereocenters. The summed E-state index contributed by atoms with van der Waals surface area (Å²) in [5.41, 5.74) is 0. The molecular weight excluding hydrogens is 335 g/mol. The van der Waals surface area contributed by atoms with E-state index in [4.69, 9.17) is 11.6 Å². The van der Waals surface area contributed by atoms with Gasteiger partial charge in [-0.15, -0.1) is 0 Å². The Morgan fingerprint density at radius 2 is 1.93 bits per heavy atom. The standard InChI is InChI=1S/C7H7Br2ClN4/c1-14(2)3-11-7-5(9)12-4(8)6(10)13-7/h3H,1-2H3/b11-3+. The minimum absolute atomic E-state index is 0.291. The van der Waals surface area contributed by atoms with E-state index in [1.165, 1.54) is 0 Å². The van der Waals surface area contributed by atoms with Crippen molar-refractivity contribution in [2.45, 2.75) is 0 Å². The Balaban J connectivity index is 3.04. The van der Waals surface area contributed by atoms with Crippen LogP contribution in [0.4, 0.5) is 5.82 Å². The Kier molecular flexibility index (Phi) is 4.28. The molecule has 0 aliphatic heterocycles. The first-order chi connectivity index (χ1) is 6.50. The second-order valence-corrected chi connectivity index (χ2v) is 4.49. The summed E-state index contributed by atoms with van der Waals surface area (Å²) in [4.78, 5) is 14.0. The Bertz CT molecular complexity index is 367. The van der Waals surface area contributed by atoms with E-state index >= 15 is 0 Å². The van der Waals surface area contributed by atoms with Crippen LogP contribution >= 0.6 is 43.5 Å². The van der Waals surface area contributed by atoms with Gasteiger partial charge in [0.05, 0.1) is 6.34 Å². The van der Waals surface area contributed by atoms with Crippen molar-refractivity contribution < 1.29 is 0 Å². The maximum atomic E-state index is 5.77. The molecule has 7 heteroatoms. The zero-order chi connectivity index (χ0) is 10.7. The molecule has 0 amide bonds. The number of halogens is 3. The summed E-state index contributed by atoms with van der Waals surface area (Å²) in [5, 5.41) is 0.291. The molecule has 0 radical (unpaired) electrons. The molecule has 0 bridgehead atoms. The van der Waals surface area contributed by atoms with Crippen molar-refractivity contribution >= 4 is 55.6 Å². The lowest BCUT2D eigenvalue weighted by molar-refractivity contribution is 0.643. The van der Waals surface area contributed by atoms with Crippen LogP contribution in [-0.4, -0.2) is 35.3 Å². The average molecular weight is 342 g/mol. The smallest absolute Gasteiger partial charge is 0.188 e. The van der Waals surface area contributed by atoms with Crippen molar-refractivity contribution in [3.63, 3.8) is 0 Å². The van der Waals surface area contributed by atoms with Gasteiger partial charge in [0.15, 0.2) is 15.6 Å². The van der Waals surface area contributed by atoms with E-state index in [2.05, 4.69) is 46.8 Å². The second kappa shape index (κ2) is 5.04. The molecule has 1 aromatic heterocycles. The molecule has 76 valence electrons. The second-order valence-electron chi connectivity index (χ2n) is 2.63. The quantitative estimate of drug-likeness (QED) is 0.613. The van der Waals surface area contributed by atoms with Gasteiger partial charge in [0.25, 0.3) is 0 Å². The fourth-order valence-electron chi connectivity index (χ4n) is 0.620. The van der Waals surface area contributed by atoms with Crippen LogP contribution in [0.2, 0.25) is 5.15 Å². The molecule has 1 rings (SSSR count). The predicted octanol–water partition coefficient (Wildman–Crippen LogP) is 2.88. The summed E-state index contributed by atoms with van der Waals surface area (Å²) in [6.45, 7) is 0. The highest BCUT2D eigenvalue weighted by Crippen LogP contribution is 2.27. The minimum Gasteiger partial charge on any atom is -0.369 e. The normalized spacial score (nSPS) is 10.9. The molecule has 4 nitrogen and oxygen atoms in total. The molecular formula is C7H7Br2ClN4. The largest absolute Gasteiger partial charge is 0.369 e. The lowest BCUT2D eigenvalue weighted by Crippen LogP contribution is -2.07. The van der Waals surface area contributed by atoms with E-state index in [1.54, 1.807) is 11.2 Å². The van der Waals surface area contributed by atoms with Crippen LogP contribution in [0, 0.1) is 0 Å². The molecule has 0 spiro atoms. The van der Waals surface area contributed by atoms with Gasteiger partial charge in [-0.25, -0.2) is 15.0 Å². The summed E-state index contributed by atoms with van der Waals surface area (Å²) < 4.78 is 1.04. The first kappa shape index (κ1) is 11.9. The Morgan fingerprint density at radius 1 is 1.29 bits per heavy atom. The molecule has 0 saturated heterocycles. The third-order valence-corrected chi connectivity index (χ3v) is 2.74. The van der Waals surface area contributed by atoms with Crippen LogP contribution < -0.4 is 0 Å². The SMILES string of the molecule is CN(C)/C=N/c1nc(Cl)c(Br)nc1Br. The highest BCUT2D eigenvalue weighted by Gasteiger charge is 2.06. The first-order valence-electron chi connectivity index (χ1n) is 3.60. The monoisotopic (exact) mass is 340 g/mol. The van der Waals surface area contributed by atoms with Gasteiger partial charge in [-0.3, -0.25) is 0 Å². The van der Waals surface area contributed by atoms with Crippen molar-refractivity contribution in [3.8, 4) is 0 Å². The molecule has 1 heterocycles. The lowest BCUT2D eigenvalue weighted by atomic mass is 10.7. The van der Waals surface area contributed by atoms with Crippen LogP contribution in [0.3, 0.4) is 0 Å². The highest BCUT2D eigenvalue weighted by molar-refractivity contribution is 9.11. The molecule has 0 atom stereocenters. The molecule has 0 aromatic carbocycles. The topological polar surface area (TPSA) is 41.4 Å². The van der Waals surface area contributed by atoms with Crippen molar-refractivity contribution in [1.82, 2.24) is 14.9 Å². The van der Waals surface area contributed by atoms with Crippen molar-refractivity contribution in [2.24, 2.45) is 4.99 Å². The van der Waals surface area contributed by atoms with E-state index in [0.29, 0.717) is 20.2 Å². The Hall–Kier alpha value is -0.200. The summed E-state index contributed by atoms with van der Waals surface area (Å²) in [7, 11) is 3.73. The summed E-state index contributed by atoms with van der Waals surface area (Å²) in [6.07, 6.45) is 1.62. The zero-order valence-corrected chi connectivity index (χ0v) is 11.4. The van der Waals surface area contributed by atoms with E-state index < -0.39 is 0 Å². The minimum atomic E-state index is 0.291. The van der Waals surface area contributed by atoms with Crippen molar-refractivity contribution in [3.05, 3.63) is 14.4 Å². The molecule has 0 saturated carbocycles. The number of rotatable bonds is 2. The summed E-state index contributed by atoms with van der Waals surface area (Å²) in [5.74, 6) is 0.451. The van der Waals surface area contributed by atoms with Gasteiger partial charge in [0.1, 0.15) is 4.60 Å². The zero-order valence-electron chi connectivity index (χ0n) is 7.50. The van der Waals surface area contributed by atoms with Gasteiger partial charge in [-0.05, 0) is 31.9 Å². The van der Waals surface area contributed by atoms with E-state index in [-0.39, 0.29) is 0 Å². The Morgan fingerprint density at radius 3 is 2.50 bits per heavy atom. The van der Waals surface area contributed by atoms with Crippen LogP contribution in [0.25, 0.3) is 0 Å². The number of nitrogens with zero attached hydrogens (tertiary/aromatic N) is 4. The average Bonchev–Trinajstić information content (AvgIpc) is 2.09. The van der Waals surface area contributed by atoms with E-state index in [9.17, 15) is 0 Å². The first-order valence-corrected chi connectivity index (χ1v) is 5.56. The maximum Gasteiger partial charge on any atom is 0.188 e. The van der Waals surface area contributed by atoms with Gasteiger partial charge < -0.3 is 4.90 Å². The molecule has 0 N–H and O–H groups in total. The van der Waals surface area contributed by atoms with Crippen molar-refractivity contribution in [1.29, 1.82) is 0 Å². The third kappa shape index (κ3) is 3.18. The lowest BCUT2D eigenvalue weighted by Gasteiger charge is -2.03. The number of aromatic nitrogens is 2. The summed E-state index contributed by atoms with van der Waals surface area (Å²) in [6, 6.07) is 0. The predicted molar refractivity (Wildman–Crippen MR) is 64.3 cm³/mol. The molecule has 0 fully saturated rings. The number of hydrogen-bond donors (Lipinski definition) is 0. The van der Waals surface area contributed by atoms with Crippen LogP contribution in [-0.2, 0) is 0 Å². The third-order valence-electron chi connectivity index (χ3n) is 1.17.